The van der Waals surface area contributed by atoms with Gasteiger partial charge in [-0.1, -0.05) is 66.7 Å². The maximum absolute atomic E-state index is 12.7. The summed E-state index contributed by atoms with van der Waals surface area (Å²) in [7, 11) is 0. The number of aryl methyl sites for hydroxylation is 1. The smallest absolute Gasteiger partial charge is 0.348 e. The van der Waals surface area contributed by atoms with Crippen LogP contribution in [0.5, 0.6) is 0 Å². The summed E-state index contributed by atoms with van der Waals surface area (Å²) in [5.74, 6) is -0.228. The summed E-state index contributed by atoms with van der Waals surface area (Å²) in [5.41, 5.74) is 2.55. The maximum Gasteiger partial charge on any atom is 0.350 e. The molecule has 0 bridgehead atoms. The second-order valence-electron chi connectivity index (χ2n) is 7.28. The minimum Gasteiger partial charge on any atom is -0.348 e. The minimum absolute atomic E-state index is 0.109. The fourth-order valence-electron chi connectivity index (χ4n) is 3.61. The Hall–Kier alpha value is -3.67. The van der Waals surface area contributed by atoms with Crippen molar-refractivity contribution in [2.24, 2.45) is 0 Å². The van der Waals surface area contributed by atoms with E-state index in [4.69, 9.17) is 0 Å². The molecule has 2 aromatic carbocycles. The van der Waals surface area contributed by atoms with E-state index >= 15 is 0 Å². The Morgan fingerprint density at radius 2 is 1.63 bits per heavy atom. The zero-order chi connectivity index (χ0) is 20.8. The molecule has 4 aromatic rings. The van der Waals surface area contributed by atoms with Crippen molar-refractivity contribution >= 4 is 11.6 Å². The van der Waals surface area contributed by atoms with Crippen LogP contribution in [0.3, 0.4) is 0 Å². The molecule has 4 rings (SSSR count). The molecule has 0 aliphatic carbocycles. The monoisotopic (exact) mass is 400 g/mol. The van der Waals surface area contributed by atoms with Crippen molar-refractivity contribution in [2.75, 3.05) is 0 Å². The van der Waals surface area contributed by atoms with Crippen molar-refractivity contribution in [3.63, 3.8) is 0 Å². The van der Waals surface area contributed by atoms with Crippen LogP contribution in [0.25, 0.3) is 5.65 Å². The predicted octanol–water partition coefficient (Wildman–Crippen LogP) is 3.38. The van der Waals surface area contributed by atoms with E-state index in [1.54, 1.807) is 18.3 Å². The molecule has 0 aliphatic heterocycles. The highest BCUT2D eigenvalue weighted by atomic mass is 16.2. The van der Waals surface area contributed by atoms with Crippen molar-refractivity contribution < 1.29 is 4.79 Å². The Morgan fingerprint density at radius 1 is 0.933 bits per heavy atom. The molecule has 1 unspecified atom stereocenters. The van der Waals surface area contributed by atoms with E-state index in [-0.39, 0.29) is 24.2 Å². The molecular formula is C24H24N4O2. The Balaban J connectivity index is 1.44. The molecule has 1 atom stereocenters. The topological polar surface area (TPSA) is 68.4 Å². The third-order valence-corrected chi connectivity index (χ3v) is 5.12. The number of carbonyl (C=O) groups is 1. The molecule has 152 valence electrons. The van der Waals surface area contributed by atoms with E-state index in [1.165, 1.54) is 14.6 Å². The summed E-state index contributed by atoms with van der Waals surface area (Å²) in [4.78, 5) is 25.2. The zero-order valence-corrected chi connectivity index (χ0v) is 16.6. The van der Waals surface area contributed by atoms with Gasteiger partial charge in [-0.2, -0.15) is 0 Å². The lowest BCUT2D eigenvalue weighted by atomic mass is 9.99. The lowest BCUT2D eigenvalue weighted by Crippen LogP contribution is -2.35. The van der Waals surface area contributed by atoms with Crippen LogP contribution in [0.1, 0.15) is 30.0 Å². The van der Waals surface area contributed by atoms with Gasteiger partial charge in [0, 0.05) is 6.20 Å². The summed E-state index contributed by atoms with van der Waals surface area (Å²) < 4.78 is 2.64. The number of pyridine rings is 1. The standard InChI is InChI=1S/C24H24N4O2/c29-23(18-28-24(30)27-17-8-7-16-22(27)26-28)25-21(20-13-5-2-6-14-20)15-9-12-19-10-3-1-4-11-19/h1-8,10-11,13-14,16-17,21H,9,12,15,18H2,(H,25,29). The van der Waals surface area contributed by atoms with Gasteiger partial charge in [0.05, 0.1) is 6.04 Å². The van der Waals surface area contributed by atoms with E-state index in [2.05, 4.69) is 22.5 Å². The normalized spacial score (nSPS) is 12.0. The molecule has 2 aromatic heterocycles. The molecular weight excluding hydrogens is 376 g/mol. The first kappa shape index (κ1) is 19.6. The average Bonchev–Trinajstić information content (AvgIpc) is 3.10. The quantitative estimate of drug-likeness (QED) is 0.493. The van der Waals surface area contributed by atoms with Gasteiger partial charge in [0.1, 0.15) is 6.54 Å². The van der Waals surface area contributed by atoms with Crippen molar-refractivity contribution in [1.82, 2.24) is 19.5 Å². The molecule has 6 nitrogen and oxygen atoms in total. The largest absolute Gasteiger partial charge is 0.350 e. The predicted molar refractivity (Wildman–Crippen MR) is 116 cm³/mol. The molecule has 0 fully saturated rings. The molecule has 0 spiro atoms. The van der Waals surface area contributed by atoms with Crippen LogP contribution < -0.4 is 11.0 Å². The average molecular weight is 400 g/mol. The number of aromatic nitrogens is 3. The number of nitrogens with one attached hydrogen (secondary N) is 1. The van der Waals surface area contributed by atoms with E-state index in [9.17, 15) is 9.59 Å². The fourth-order valence-corrected chi connectivity index (χ4v) is 3.61. The van der Waals surface area contributed by atoms with Gasteiger partial charge in [-0.3, -0.25) is 9.20 Å². The van der Waals surface area contributed by atoms with Crippen molar-refractivity contribution in [2.45, 2.75) is 31.8 Å². The van der Waals surface area contributed by atoms with Gasteiger partial charge >= 0.3 is 5.69 Å². The molecule has 0 saturated heterocycles. The molecule has 1 N–H and O–H groups in total. The van der Waals surface area contributed by atoms with Crippen LogP contribution in [0.15, 0.2) is 89.9 Å². The Kier molecular flexibility index (Phi) is 6.03. The highest BCUT2D eigenvalue weighted by Crippen LogP contribution is 2.20. The lowest BCUT2D eigenvalue weighted by molar-refractivity contribution is -0.122. The van der Waals surface area contributed by atoms with Gasteiger partial charge < -0.3 is 5.32 Å². The minimum atomic E-state index is -0.318. The van der Waals surface area contributed by atoms with Crippen LogP contribution in [0.4, 0.5) is 0 Å². The maximum atomic E-state index is 12.7. The summed E-state index contributed by atoms with van der Waals surface area (Å²) in [6.45, 7) is -0.109. The first-order valence-electron chi connectivity index (χ1n) is 10.1. The van der Waals surface area contributed by atoms with Gasteiger partial charge in [0.25, 0.3) is 0 Å². The van der Waals surface area contributed by atoms with E-state index in [0.717, 1.165) is 24.8 Å². The summed E-state index contributed by atoms with van der Waals surface area (Å²) in [6.07, 6.45) is 4.35. The van der Waals surface area contributed by atoms with Crippen molar-refractivity contribution in [1.29, 1.82) is 0 Å². The van der Waals surface area contributed by atoms with Crippen LogP contribution >= 0.6 is 0 Å². The van der Waals surface area contributed by atoms with E-state index in [1.807, 2.05) is 54.6 Å². The number of carbonyl (C=O) groups excluding carboxylic acids is 1. The second kappa shape index (κ2) is 9.22. The number of hydrogen-bond donors (Lipinski definition) is 1. The molecule has 0 radical (unpaired) electrons. The van der Waals surface area contributed by atoms with Gasteiger partial charge in [-0.25, -0.2) is 9.48 Å². The number of benzene rings is 2. The van der Waals surface area contributed by atoms with Crippen LogP contribution in [0, 0.1) is 0 Å². The van der Waals surface area contributed by atoms with Crippen LogP contribution in [0.2, 0.25) is 0 Å². The SMILES string of the molecule is O=C(Cn1nc2ccccn2c1=O)NC(CCCc1ccccc1)c1ccccc1. The number of nitrogens with zero attached hydrogens (tertiary/aromatic N) is 3. The molecule has 1 amide bonds. The number of fused-ring (bicyclic) bond motifs is 1. The Bertz CT molecular complexity index is 1170. The van der Waals surface area contributed by atoms with Crippen LogP contribution in [-0.4, -0.2) is 20.1 Å². The molecule has 0 saturated carbocycles. The number of amides is 1. The Morgan fingerprint density at radius 3 is 2.37 bits per heavy atom. The summed E-state index contributed by atoms with van der Waals surface area (Å²) >= 11 is 0. The van der Waals surface area contributed by atoms with Gasteiger partial charge in [-0.15, -0.1) is 5.10 Å². The van der Waals surface area contributed by atoms with Crippen molar-refractivity contribution in [3.8, 4) is 0 Å². The van der Waals surface area contributed by atoms with E-state index < -0.39 is 0 Å². The third kappa shape index (κ3) is 4.66. The van der Waals surface area contributed by atoms with Crippen LogP contribution in [-0.2, 0) is 17.8 Å². The van der Waals surface area contributed by atoms with Gasteiger partial charge in [-0.05, 0) is 42.5 Å². The molecule has 0 aliphatic rings. The van der Waals surface area contributed by atoms with Gasteiger partial charge in [0.2, 0.25) is 5.91 Å². The summed E-state index contributed by atoms with van der Waals surface area (Å²) in [6, 6.07) is 25.5. The van der Waals surface area contributed by atoms with E-state index in [0.29, 0.717) is 5.65 Å². The first-order valence-corrected chi connectivity index (χ1v) is 10.1. The number of rotatable bonds is 8. The first-order chi connectivity index (χ1) is 14.7. The van der Waals surface area contributed by atoms with Gasteiger partial charge in [0.15, 0.2) is 5.65 Å². The number of hydrogen-bond acceptors (Lipinski definition) is 3. The Labute approximate surface area is 174 Å². The highest BCUT2D eigenvalue weighted by molar-refractivity contribution is 5.76. The molecule has 2 heterocycles. The molecule has 30 heavy (non-hydrogen) atoms. The molecule has 6 heteroatoms. The summed E-state index contributed by atoms with van der Waals surface area (Å²) in [5, 5.41) is 7.33. The highest BCUT2D eigenvalue weighted by Gasteiger charge is 2.16. The second-order valence-corrected chi connectivity index (χ2v) is 7.28. The zero-order valence-electron chi connectivity index (χ0n) is 16.6. The lowest BCUT2D eigenvalue weighted by Gasteiger charge is -2.19. The third-order valence-electron chi connectivity index (χ3n) is 5.12. The van der Waals surface area contributed by atoms with Crippen molar-refractivity contribution in [3.05, 3.63) is 107 Å². The fraction of sp³-hybridized carbons (Fsp3) is 0.208.